The van der Waals surface area contributed by atoms with Crippen LogP contribution in [0.3, 0.4) is 0 Å². The maximum Gasteiger partial charge on any atom is 0.326 e. The summed E-state index contributed by atoms with van der Waals surface area (Å²) in [6, 6.07) is 1.87. The molecule has 0 spiro atoms. The Bertz CT molecular complexity index is 550. The van der Waals surface area contributed by atoms with Gasteiger partial charge < -0.3 is 20.8 Å². The highest BCUT2D eigenvalue weighted by atomic mass is 35.5. The molecule has 7 nitrogen and oxygen atoms in total. The number of urea groups is 1. The standard InChI is InChI=1S/C11H10Cl2N2O5/c12-5-1-2-7(6(13)3-5)14-11(20)15-8(10(18)19)4-9(16)17/h1-3,8H,4H2,(H,16,17)(H,18,19)(H2,14,15,20). The zero-order chi connectivity index (χ0) is 15.3. The minimum atomic E-state index is -1.54. The molecule has 1 aromatic carbocycles. The Morgan fingerprint density at radius 2 is 1.85 bits per heavy atom. The van der Waals surface area contributed by atoms with Crippen molar-refractivity contribution >= 4 is 46.9 Å². The quantitative estimate of drug-likeness (QED) is 0.662. The van der Waals surface area contributed by atoms with Crippen molar-refractivity contribution in [2.24, 2.45) is 0 Å². The van der Waals surface area contributed by atoms with Gasteiger partial charge in [-0.1, -0.05) is 23.2 Å². The third-order valence-corrected chi connectivity index (χ3v) is 2.71. The number of hydrogen-bond donors (Lipinski definition) is 4. The molecule has 1 unspecified atom stereocenters. The number of anilines is 1. The van der Waals surface area contributed by atoms with Crippen LogP contribution in [0.4, 0.5) is 10.5 Å². The highest BCUT2D eigenvalue weighted by molar-refractivity contribution is 6.36. The lowest BCUT2D eigenvalue weighted by atomic mass is 10.2. The van der Waals surface area contributed by atoms with Crippen LogP contribution in [0.2, 0.25) is 10.0 Å². The maximum atomic E-state index is 11.6. The third-order valence-electron chi connectivity index (χ3n) is 2.16. The van der Waals surface area contributed by atoms with E-state index >= 15 is 0 Å². The van der Waals surface area contributed by atoms with E-state index in [1.54, 1.807) is 0 Å². The molecule has 108 valence electrons. The monoisotopic (exact) mass is 320 g/mol. The van der Waals surface area contributed by atoms with Crippen molar-refractivity contribution in [2.75, 3.05) is 5.32 Å². The van der Waals surface area contributed by atoms with Gasteiger partial charge in [0.1, 0.15) is 6.04 Å². The van der Waals surface area contributed by atoms with E-state index in [-0.39, 0.29) is 10.7 Å². The van der Waals surface area contributed by atoms with Crippen LogP contribution >= 0.6 is 23.2 Å². The van der Waals surface area contributed by atoms with Crippen molar-refractivity contribution in [3.63, 3.8) is 0 Å². The molecule has 0 bridgehead atoms. The lowest BCUT2D eigenvalue weighted by Crippen LogP contribution is -2.44. The van der Waals surface area contributed by atoms with Gasteiger partial charge in [-0.05, 0) is 18.2 Å². The van der Waals surface area contributed by atoms with Gasteiger partial charge in [0.2, 0.25) is 0 Å². The second-order valence-electron chi connectivity index (χ2n) is 3.71. The van der Waals surface area contributed by atoms with Gasteiger partial charge in [-0.25, -0.2) is 9.59 Å². The average Bonchev–Trinajstić information content (AvgIpc) is 2.31. The van der Waals surface area contributed by atoms with Crippen LogP contribution in [0.15, 0.2) is 18.2 Å². The number of carboxylic acids is 2. The lowest BCUT2D eigenvalue weighted by Gasteiger charge is -2.14. The molecule has 1 rings (SSSR count). The lowest BCUT2D eigenvalue weighted by molar-refractivity contribution is -0.145. The fourth-order valence-electron chi connectivity index (χ4n) is 1.28. The molecule has 0 radical (unpaired) electrons. The van der Waals surface area contributed by atoms with E-state index in [0.717, 1.165) is 0 Å². The predicted molar refractivity (Wildman–Crippen MR) is 72.3 cm³/mol. The van der Waals surface area contributed by atoms with Crippen LogP contribution in [-0.4, -0.2) is 34.2 Å². The molecule has 20 heavy (non-hydrogen) atoms. The number of nitrogens with one attached hydrogen (secondary N) is 2. The fraction of sp³-hybridized carbons (Fsp3) is 0.182. The smallest absolute Gasteiger partial charge is 0.326 e. The number of carbonyl (C=O) groups excluding carboxylic acids is 1. The normalized spacial score (nSPS) is 11.5. The molecule has 0 fully saturated rings. The van der Waals surface area contributed by atoms with Crippen LogP contribution in [0.25, 0.3) is 0 Å². The Kier molecular flexibility index (Phi) is 5.60. The topological polar surface area (TPSA) is 116 Å². The van der Waals surface area contributed by atoms with E-state index in [2.05, 4.69) is 5.32 Å². The van der Waals surface area contributed by atoms with Gasteiger partial charge in [-0.2, -0.15) is 0 Å². The molecule has 0 aliphatic heterocycles. The minimum absolute atomic E-state index is 0.165. The van der Waals surface area contributed by atoms with Crippen molar-refractivity contribution in [2.45, 2.75) is 12.5 Å². The van der Waals surface area contributed by atoms with Gasteiger partial charge in [0.15, 0.2) is 0 Å². The van der Waals surface area contributed by atoms with Crippen LogP contribution in [0, 0.1) is 0 Å². The average molecular weight is 321 g/mol. The van der Waals surface area contributed by atoms with Crippen molar-refractivity contribution in [3.05, 3.63) is 28.2 Å². The molecule has 1 aromatic rings. The Morgan fingerprint density at radius 3 is 2.35 bits per heavy atom. The maximum absolute atomic E-state index is 11.6. The Labute approximate surface area is 123 Å². The molecule has 4 N–H and O–H groups in total. The van der Waals surface area contributed by atoms with Gasteiger partial charge in [-0.15, -0.1) is 0 Å². The first-order valence-corrected chi connectivity index (χ1v) is 6.02. The van der Waals surface area contributed by atoms with Gasteiger partial charge in [0, 0.05) is 5.02 Å². The first kappa shape index (κ1) is 16.1. The molecule has 0 saturated heterocycles. The van der Waals surface area contributed by atoms with Crippen LogP contribution < -0.4 is 10.6 Å². The van der Waals surface area contributed by atoms with Crippen molar-refractivity contribution in [1.82, 2.24) is 5.32 Å². The van der Waals surface area contributed by atoms with Crippen molar-refractivity contribution in [1.29, 1.82) is 0 Å². The number of carbonyl (C=O) groups is 3. The second kappa shape index (κ2) is 6.97. The first-order chi connectivity index (χ1) is 9.29. The van der Waals surface area contributed by atoms with Gasteiger partial charge >= 0.3 is 18.0 Å². The number of rotatable bonds is 5. The summed E-state index contributed by atoms with van der Waals surface area (Å²) in [4.78, 5) is 32.8. The SMILES string of the molecule is O=C(O)CC(NC(=O)Nc1ccc(Cl)cc1Cl)C(=O)O. The van der Waals surface area contributed by atoms with Crippen molar-refractivity contribution < 1.29 is 24.6 Å². The molecule has 0 aliphatic carbocycles. The molecule has 0 saturated carbocycles. The largest absolute Gasteiger partial charge is 0.481 e. The van der Waals surface area contributed by atoms with Gasteiger partial charge in [0.05, 0.1) is 17.1 Å². The molecule has 0 aliphatic rings. The van der Waals surface area contributed by atoms with E-state index < -0.39 is 30.4 Å². The molecule has 0 heterocycles. The number of benzene rings is 1. The number of halogens is 2. The van der Waals surface area contributed by atoms with Crippen LogP contribution in [0.5, 0.6) is 0 Å². The molecule has 2 amide bonds. The van der Waals surface area contributed by atoms with Gasteiger partial charge in [-0.3, -0.25) is 4.79 Å². The second-order valence-corrected chi connectivity index (χ2v) is 4.55. The fourth-order valence-corrected chi connectivity index (χ4v) is 1.74. The number of hydrogen-bond acceptors (Lipinski definition) is 3. The number of aliphatic carboxylic acids is 2. The summed E-state index contributed by atoms with van der Waals surface area (Å²) in [5.74, 6) is -2.80. The highest BCUT2D eigenvalue weighted by Crippen LogP contribution is 2.25. The molecule has 1 atom stereocenters. The zero-order valence-corrected chi connectivity index (χ0v) is 11.4. The summed E-state index contributed by atoms with van der Waals surface area (Å²) in [6.45, 7) is 0. The summed E-state index contributed by atoms with van der Waals surface area (Å²) in [5.41, 5.74) is 0.216. The Morgan fingerprint density at radius 1 is 1.20 bits per heavy atom. The van der Waals surface area contributed by atoms with E-state index in [1.807, 2.05) is 5.32 Å². The summed E-state index contributed by atoms with van der Waals surface area (Å²) in [7, 11) is 0. The Balaban J connectivity index is 2.70. The summed E-state index contributed by atoms with van der Waals surface area (Å²) in [5, 5.41) is 22.2. The molecular formula is C11H10Cl2N2O5. The number of carboxylic acid groups (broad SMARTS) is 2. The van der Waals surface area contributed by atoms with E-state index in [1.165, 1.54) is 18.2 Å². The minimum Gasteiger partial charge on any atom is -0.481 e. The molecule has 9 heteroatoms. The summed E-state index contributed by atoms with van der Waals surface area (Å²) < 4.78 is 0. The summed E-state index contributed by atoms with van der Waals surface area (Å²) >= 11 is 11.5. The third kappa shape index (κ3) is 4.94. The van der Waals surface area contributed by atoms with E-state index in [9.17, 15) is 14.4 Å². The Hall–Kier alpha value is -1.99. The van der Waals surface area contributed by atoms with E-state index in [0.29, 0.717) is 5.02 Å². The zero-order valence-electron chi connectivity index (χ0n) is 9.89. The first-order valence-electron chi connectivity index (χ1n) is 5.26. The van der Waals surface area contributed by atoms with Crippen LogP contribution in [-0.2, 0) is 9.59 Å². The summed E-state index contributed by atoms with van der Waals surface area (Å²) in [6.07, 6.45) is -0.739. The predicted octanol–water partition coefficient (Wildman–Crippen LogP) is 2.04. The molecule has 0 aromatic heterocycles. The highest BCUT2D eigenvalue weighted by Gasteiger charge is 2.23. The molecular weight excluding hydrogens is 311 g/mol. The number of amides is 2. The van der Waals surface area contributed by atoms with Crippen LogP contribution in [0.1, 0.15) is 6.42 Å². The van der Waals surface area contributed by atoms with Crippen molar-refractivity contribution in [3.8, 4) is 0 Å². The van der Waals surface area contributed by atoms with Gasteiger partial charge in [0.25, 0.3) is 0 Å². The van der Waals surface area contributed by atoms with E-state index in [4.69, 9.17) is 33.4 Å².